The van der Waals surface area contributed by atoms with Gasteiger partial charge in [0.05, 0.1) is 5.71 Å². The third-order valence-corrected chi connectivity index (χ3v) is 5.77. The lowest BCUT2D eigenvalue weighted by Gasteiger charge is -2.21. The summed E-state index contributed by atoms with van der Waals surface area (Å²) in [6.07, 6.45) is 0.634. The van der Waals surface area contributed by atoms with E-state index >= 15 is 0 Å². The van der Waals surface area contributed by atoms with Gasteiger partial charge in [-0.15, -0.1) is 0 Å². The van der Waals surface area contributed by atoms with Crippen molar-refractivity contribution >= 4 is 29.0 Å². The molecular formula is C27H25F2N5. The number of halogens is 2. The summed E-state index contributed by atoms with van der Waals surface area (Å²) in [6.45, 7) is 4.57. The number of benzene rings is 3. The van der Waals surface area contributed by atoms with Crippen LogP contribution < -0.4 is 10.2 Å². The quantitative estimate of drug-likeness (QED) is 0.368. The summed E-state index contributed by atoms with van der Waals surface area (Å²) in [5.41, 5.74) is 7.13. The van der Waals surface area contributed by atoms with Gasteiger partial charge in [0, 0.05) is 43.2 Å². The summed E-state index contributed by atoms with van der Waals surface area (Å²) in [6, 6.07) is 21.9. The molecule has 3 aromatic carbocycles. The minimum atomic E-state index is -2.57. The first-order valence-corrected chi connectivity index (χ1v) is 10.8. The number of nitrogens with one attached hydrogen (secondary N) is 2. The van der Waals surface area contributed by atoms with Crippen LogP contribution in [0.5, 0.6) is 0 Å². The second kappa shape index (κ2) is 10.2. The molecular weight excluding hydrogens is 432 g/mol. The lowest BCUT2D eigenvalue weighted by Crippen LogP contribution is -2.15. The van der Waals surface area contributed by atoms with Crippen LogP contribution in [-0.4, -0.2) is 31.1 Å². The van der Waals surface area contributed by atoms with Crippen LogP contribution in [0.15, 0.2) is 89.7 Å². The molecule has 1 heterocycles. The highest BCUT2D eigenvalue weighted by molar-refractivity contribution is 6.15. The summed E-state index contributed by atoms with van der Waals surface area (Å²) < 4.78 is 25.6. The number of hydrogen-bond donors (Lipinski definition) is 2. The first-order valence-electron chi connectivity index (χ1n) is 10.8. The molecule has 0 spiro atoms. The molecule has 0 aliphatic carbocycles. The maximum atomic E-state index is 12.8. The maximum absolute atomic E-state index is 12.8. The van der Waals surface area contributed by atoms with Crippen LogP contribution >= 0.6 is 0 Å². The molecule has 3 aromatic rings. The number of anilines is 2. The van der Waals surface area contributed by atoms with Crippen molar-refractivity contribution in [3.8, 4) is 11.1 Å². The Bertz CT molecular complexity index is 1250. The van der Waals surface area contributed by atoms with Crippen LogP contribution in [0.2, 0.25) is 0 Å². The van der Waals surface area contributed by atoms with Crippen LogP contribution in [0.1, 0.15) is 23.1 Å². The van der Waals surface area contributed by atoms with Gasteiger partial charge in [0.2, 0.25) is 0 Å². The van der Waals surface area contributed by atoms with Gasteiger partial charge in [0.15, 0.2) is 0 Å². The number of alkyl halides is 2. The molecule has 4 rings (SSSR count). The van der Waals surface area contributed by atoms with Gasteiger partial charge in [-0.05, 0) is 46.7 Å². The monoisotopic (exact) mass is 457 g/mol. The fourth-order valence-corrected chi connectivity index (χ4v) is 3.83. The normalized spacial score (nSPS) is 12.8. The van der Waals surface area contributed by atoms with Gasteiger partial charge < -0.3 is 15.6 Å². The minimum Gasteiger partial charge on any atom is -0.388 e. The van der Waals surface area contributed by atoms with Gasteiger partial charge in [0.1, 0.15) is 5.71 Å². The molecule has 0 unspecified atom stereocenters. The topological polar surface area (TPSA) is 63.8 Å². The number of nitrogens with zero attached hydrogens (tertiary/aromatic N) is 3. The fourth-order valence-electron chi connectivity index (χ4n) is 3.83. The van der Waals surface area contributed by atoms with Crippen LogP contribution in [0.3, 0.4) is 0 Å². The predicted molar refractivity (Wildman–Crippen MR) is 137 cm³/mol. The third kappa shape index (κ3) is 4.93. The highest BCUT2D eigenvalue weighted by atomic mass is 19.3. The molecule has 0 atom stereocenters. The van der Waals surface area contributed by atoms with Crippen molar-refractivity contribution in [1.82, 2.24) is 0 Å². The van der Waals surface area contributed by atoms with Crippen molar-refractivity contribution in [2.45, 2.75) is 19.4 Å². The second-order valence-corrected chi connectivity index (χ2v) is 7.87. The molecule has 1 aliphatic rings. The summed E-state index contributed by atoms with van der Waals surface area (Å²) in [7, 11) is 1.85. The third-order valence-electron chi connectivity index (χ3n) is 5.77. The molecule has 0 fully saturated rings. The van der Waals surface area contributed by atoms with E-state index in [1.807, 2.05) is 66.5 Å². The molecule has 172 valence electrons. The fraction of sp³-hybridized carbons (Fsp3) is 0.148. The molecule has 0 bridgehead atoms. The van der Waals surface area contributed by atoms with Crippen LogP contribution in [0.25, 0.3) is 11.1 Å². The Labute approximate surface area is 197 Å². The predicted octanol–water partition coefficient (Wildman–Crippen LogP) is 6.36. The Morgan fingerprint density at radius 1 is 1.00 bits per heavy atom. The second-order valence-electron chi connectivity index (χ2n) is 7.87. The molecule has 5 nitrogen and oxygen atoms in total. The van der Waals surface area contributed by atoms with Crippen molar-refractivity contribution in [1.29, 1.82) is 5.41 Å². The molecule has 34 heavy (non-hydrogen) atoms. The Morgan fingerprint density at radius 3 is 2.26 bits per heavy atom. The van der Waals surface area contributed by atoms with Gasteiger partial charge in [0.25, 0.3) is 6.43 Å². The van der Waals surface area contributed by atoms with E-state index in [0.29, 0.717) is 12.3 Å². The summed E-state index contributed by atoms with van der Waals surface area (Å²) in [5, 5.41) is 18.1. The van der Waals surface area contributed by atoms with Crippen molar-refractivity contribution in [3.63, 3.8) is 0 Å². The molecule has 0 saturated carbocycles. The lowest BCUT2D eigenvalue weighted by molar-refractivity contribution is 0.224. The molecule has 0 saturated heterocycles. The molecule has 0 aromatic heterocycles. The Kier molecular flexibility index (Phi) is 6.92. The SMILES string of the molecule is C=CN(Cc1ccc(C2=NN=C(C(F)F)C2)cc1)c1ccc(-c2ccc(C=N)c(NC)c2)cc1. The highest BCUT2D eigenvalue weighted by Crippen LogP contribution is 2.28. The summed E-state index contributed by atoms with van der Waals surface area (Å²) in [5.74, 6) is 0. The first kappa shape index (κ1) is 23.0. The van der Waals surface area contributed by atoms with Crippen LogP contribution in [0, 0.1) is 5.41 Å². The zero-order valence-corrected chi connectivity index (χ0v) is 18.8. The molecule has 2 N–H and O–H groups in total. The van der Waals surface area contributed by atoms with E-state index in [1.54, 1.807) is 6.20 Å². The number of hydrogen-bond acceptors (Lipinski definition) is 5. The zero-order chi connectivity index (χ0) is 24.1. The molecule has 0 amide bonds. The van der Waals surface area contributed by atoms with Crippen LogP contribution in [-0.2, 0) is 6.54 Å². The van der Waals surface area contributed by atoms with E-state index in [0.717, 1.165) is 39.2 Å². The average Bonchev–Trinajstić information content (AvgIpc) is 3.38. The van der Waals surface area contributed by atoms with E-state index in [9.17, 15) is 8.78 Å². The lowest BCUT2D eigenvalue weighted by atomic mass is 10.0. The van der Waals surface area contributed by atoms with Crippen LogP contribution in [0.4, 0.5) is 20.2 Å². The minimum absolute atomic E-state index is 0.0854. The zero-order valence-electron chi connectivity index (χ0n) is 18.8. The average molecular weight is 458 g/mol. The Hall–Kier alpha value is -4.13. The van der Waals surface area contributed by atoms with Gasteiger partial charge in [-0.2, -0.15) is 10.2 Å². The van der Waals surface area contributed by atoms with Crippen molar-refractivity contribution in [2.75, 3.05) is 17.3 Å². The van der Waals surface area contributed by atoms with Crippen molar-refractivity contribution < 1.29 is 8.78 Å². The van der Waals surface area contributed by atoms with Crippen molar-refractivity contribution in [3.05, 3.63) is 96.2 Å². The summed E-state index contributed by atoms with van der Waals surface area (Å²) in [4.78, 5) is 2.04. The first-order chi connectivity index (χ1) is 16.5. The summed E-state index contributed by atoms with van der Waals surface area (Å²) >= 11 is 0. The van der Waals surface area contributed by atoms with Gasteiger partial charge in [-0.1, -0.05) is 55.1 Å². The smallest absolute Gasteiger partial charge is 0.278 e. The largest absolute Gasteiger partial charge is 0.388 e. The highest BCUT2D eigenvalue weighted by Gasteiger charge is 2.21. The molecule has 0 radical (unpaired) electrons. The number of rotatable bonds is 9. The Balaban J connectivity index is 1.45. The van der Waals surface area contributed by atoms with Gasteiger partial charge in [-0.25, -0.2) is 8.78 Å². The van der Waals surface area contributed by atoms with E-state index in [-0.39, 0.29) is 12.1 Å². The molecule has 1 aliphatic heterocycles. The van der Waals surface area contributed by atoms with E-state index in [4.69, 9.17) is 5.41 Å². The maximum Gasteiger partial charge on any atom is 0.278 e. The van der Waals surface area contributed by atoms with E-state index in [2.05, 4.69) is 34.2 Å². The molecule has 7 heteroatoms. The van der Waals surface area contributed by atoms with Gasteiger partial charge >= 0.3 is 0 Å². The van der Waals surface area contributed by atoms with Crippen molar-refractivity contribution in [2.24, 2.45) is 10.2 Å². The van der Waals surface area contributed by atoms with E-state index in [1.165, 1.54) is 6.21 Å². The Morgan fingerprint density at radius 2 is 1.68 bits per heavy atom. The van der Waals surface area contributed by atoms with Gasteiger partial charge in [-0.3, -0.25) is 0 Å². The van der Waals surface area contributed by atoms with E-state index < -0.39 is 6.43 Å². The standard InChI is InChI=1S/C27H25F2N5/c1-3-34(17-18-4-6-20(7-5-18)25-15-26(27(28)29)33-32-25)23-12-10-19(11-13-23)21-8-9-22(16-30)24(14-21)31-2/h3-14,16,27,30-31H,1,15,17H2,2H3.